The molecule has 0 spiro atoms. The minimum Gasteiger partial charge on any atom is -0.389 e. The Morgan fingerprint density at radius 3 is 2.50 bits per heavy atom. The van der Waals surface area contributed by atoms with E-state index in [1.165, 1.54) is 17.6 Å². The summed E-state index contributed by atoms with van der Waals surface area (Å²) < 4.78 is 28.5. The molecule has 0 bridgehead atoms. The van der Waals surface area contributed by atoms with Gasteiger partial charge in [-0.05, 0) is 18.8 Å². The number of nitrogens with one attached hydrogen (secondary N) is 1. The molecular formula is C14H23N3O4S. The van der Waals surface area contributed by atoms with Gasteiger partial charge in [0.25, 0.3) is 0 Å². The molecule has 1 fully saturated rings. The molecule has 124 valence electrons. The molecule has 1 aliphatic carbocycles. The van der Waals surface area contributed by atoms with Crippen LogP contribution in [0, 0.1) is 0 Å². The number of H-pyrrole nitrogens is 1. The SMILES string of the molecule is CN(C)C(=O)Oc1n[nH]c(CS(C)(=O)=O)c1C1CCCCC1. The van der Waals surface area contributed by atoms with Gasteiger partial charge in [0.2, 0.25) is 5.88 Å². The number of carbonyl (C=O) groups is 1. The summed E-state index contributed by atoms with van der Waals surface area (Å²) in [5.41, 5.74) is 1.29. The van der Waals surface area contributed by atoms with Crippen LogP contribution >= 0.6 is 0 Å². The van der Waals surface area contributed by atoms with E-state index in [0.29, 0.717) is 5.69 Å². The molecule has 1 aliphatic rings. The van der Waals surface area contributed by atoms with Gasteiger partial charge in [-0.25, -0.2) is 13.2 Å². The number of aromatic amines is 1. The molecule has 1 aromatic rings. The van der Waals surface area contributed by atoms with E-state index < -0.39 is 15.9 Å². The topological polar surface area (TPSA) is 92.4 Å². The highest BCUT2D eigenvalue weighted by molar-refractivity contribution is 7.89. The third-order valence-electron chi connectivity index (χ3n) is 3.82. The first-order chi connectivity index (χ1) is 10.3. The molecule has 0 saturated heterocycles. The van der Waals surface area contributed by atoms with Crippen molar-refractivity contribution in [2.45, 2.75) is 43.8 Å². The fraction of sp³-hybridized carbons (Fsp3) is 0.714. The maximum atomic E-state index is 11.8. The summed E-state index contributed by atoms with van der Waals surface area (Å²) in [5.74, 6) is 0.282. The van der Waals surface area contributed by atoms with Crippen LogP contribution in [-0.2, 0) is 15.6 Å². The highest BCUT2D eigenvalue weighted by Crippen LogP contribution is 2.39. The Bertz CT molecular complexity index is 631. The van der Waals surface area contributed by atoms with Gasteiger partial charge in [0, 0.05) is 25.9 Å². The lowest BCUT2D eigenvalue weighted by Crippen LogP contribution is -2.26. The zero-order valence-electron chi connectivity index (χ0n) is 13.3. The standard InChI is InChI=1S/C14H23N3O4S/c1-17(2)14(18)21-13-12(10-7-5-4-6-8-10)11(15-16-13)9-22(3,19)20/h10H,4-9H2,1-3H3,(H,15,16). The quantitative estimate of drug-likeness (QED) is 0.913. The normalized spacial score (nSPS) is 16.5. The Hall–Kier alpha value is -1.57. The smallest absolute Gasteiger partial charge is 0.389 e. The van der Waals surface area contributed by atoms with E-state index in [1.54, 1.807) is 14.1 Å². The molecule has 22 heavy (non-hydrogen) atoms. The first-order valence-electron chi connectivity index (χ1n) is 7.42. The molecule has 0 radical (unpaired) electrons. The second kappa shape index (κ2) is 6.68. The average molecular weight is 329 g/mol. The minimum atomic E-state index is -3.19. The summed E-state index contributed by atoms with van der Waals surface area (Å²) in [6, 6.07) is 0. The number of amides is 1. The Morgan fingerprint density at radius 2 is 1.95 bits per heavy atom. The first-order valence-corrected chi connectivity index (χ1v) is 9.48. The molecule has 0 unspecified atom stereocenters. The van der Waals surface area contributed by atoms with Crippen LogP contribution < -0.4 is 4.74 Å². The lowest BCUT2D eigenvalue weighted by molar-refractivity contribution is 0.169. The fourth-order valence-corrected chi connectivity index (χ4v) is 3.55. The third-order valence-corrected chi connectivity index (χ3v) is 4.63. The molecule has 1 N–H and O–H groups in total. The van der Waals surface area contributed by atoms with Gasteiger partial charge in [-0.3, -0.25) is 5.10 Å². The summed E-state index contributed by atoms with van der Waals surface area (Å²) in [6.07, 6.45) is 5.96. The Morgan fingerprint density at radius 1 is 1.32 bits per heavy atom. The number of ether oxygens (including phenoxy) is 1. The van der Waals surface area contributed by atoms with Gasteiger partial charge in [-0.1, -0.05) is 19.3 Å². The maximum Gasteiger partial charge on any atom is 0.416 e. The summed E-state index contributed by atoms with van der Waals surface area (Å²) in [7, 11) is -0.0120. The van der Waals surface area contributed by atoms with Gasteiger partial charge in [0.05, 0.1) is 11.4 Å². The highest BCUT2D eigenvalue weighted by atomic mass is 32.2. The zero-order valence-corrected chi connectivity index (χ0v) is 14.1. The summed E-state index contributed by atoms with van der Waals surface area (Å²) in [5, 5.41) is 6.79. The van der Waals surface area contributed by atoms with Crippen LogP contribution in [0.2, 0.25) is 0 Å². The van der Waals surface area contributed by atoms with Crippen molar-refractivity contribution in [2.75, 3.05) is 20.4 Å². The number of hydrogen-bond donors (Lipinski definition) is 1. The monoisotopic (exact) mass is 329 g/mol. The van der Waals surface area contributed by atoms with Crippen molar-refractivity contribution in [1.29, 1.82) is 0 Å². The van der Waals surface area contributed by atoms with Gasteiger partial charge in [0.1, 0.15) is 0 Å². The summed E-state index contributed by atoms with van der Waals surface area (Å²) >= 11 is 0. The molecule has 1 aromatic heterocycles. The van der Waals surface area contributed by atoms with Gasteiger partial charge in [0.15, 0.2) is 9.84 Å². The summed E-state index contributed by atoms with van der Waals surface area (Å²) in [4.78, 5) is 13.1. The second-order valence-electron chi connectivity index (χ2n) is 6.09. The van der Waals surface area contributed by atoms with Gasteiger partial charge < -0.3 is 9.64 Å². The molecule has 2 rings (SSSR count). The van der Waals surface area contributed by atoms with E-state index in [9.17, 15) is 13.2 Å². The zero-order chi connectivity index (χ0) is 16.3. The van der Waals surface area contributed by atoms with E-state index in [0.717, 1.165) is 31.2 Å². The molecule has 8 heteroatoms. The van der Waals surface area contributed by atoms with Crippen molar-refractivity contribution < 1.29 is 17.9 Å². The fourth-order valence-electron chi connectivity index (χ4n) is 2.80. The predicted octanol–water partition coefficient (Wildman–Crippen LogP) is 2.06. The van der Waals surface area contributed by atoms with Crippen molar-refractivity contribution in [1.82, 2.24) is 15.1 Å². The predicted molar refractivity (Wildman–Crippen MR) is 82.7 cm³/mol. The lowest BCUT2D eigenvalue weighted by Gasteiger charge is -2.22. The van der Waals surface area contributed by atoms with E-state index in [1.807, 2.05) is 0 Å². The molecule has 0 aromatic carbocycles. The van der Waals surface area contributed by atoms with Crippen LogP contribution in [0.1, 0.15) is 49.3 Å². The summed E-state index contributed by atoms with van der Waals surface area (Å²) in [6.45, 7) is 0. The second-order valence-corrected chi connectivity index (χ2v) is 8.23. The van der Waals surface area contributed by atoms with Gasteiger partial charge in [-0.15, -0.1) is 5.10 Å². The molecule has 7 nitrogen and oxygen atoms in total. The maximum absolute atomic E-state index is 11.8. The molecule has 1 heterocycles. The van der Waals surface area contributed by atoms with Crippen LogP contribution in [0.5, 0.6) is 5.88 Å². The van der Waals surface area contributed by atoms with Crippen molar-refractivity contribution in [3.63, 3.8) is 0 Å². The van der Waals surface area contributed by atoms with Gasteiger partial charge in [-0.2, -0.15) is 0 Å². The minimum absolute atomic E-state index is 0.120. The molecular weight excluding hydrogens is 306 g/mol. The first kappa shape index (κ1) is 16.8. The molecule has 0 aliphatic heterocycles. The average Bonchev–Trinajstić information content (AvgIpc) is 2.80. The van der Waals surface area contributed by atoms with Crippen molar-refractivity contribution in [2.24, 2.45) is 0 Å². The van der Waals surface area contributed by atoms with E-state index in [2.05, 4.69) is 10.2 Å². The van der Waals surface area contributed by atoms with Crippen LogP contribution in [0.15, 0.2) is 0 Å². The van der Waals surface area contributed by atoms with Crippen LogP contribution in [0.4, 0.5) is 4.79 Å². The van der Waals surface area contributed by atoms with E-state index in [4.69, 9.17) is 4.74 Å². The van der Waals surface area contributed by atoms with Crippen LogP contribution in [0.25, 0.3) is 0 Å². The number of sulfone groups is 1. The Kier molecular flexibility index (Phi) is 5.10. The number of hydrogen-bond acceptors (Lipinski definition) is 5. The molecule has 1 saturated carbocycles. The number of carbonyl (C=O) groups excluding carboxylic acids is 1. The molecule has 1 amide bonds. The van der Waals surface area contributed by atoms with Crippen molar-refractivity contribution in [3.8, 4) is 5.88 Å². The lowest BCUT2D eigenvalue weighted by atomic mass is 9.84. The molecule has 0 atom stereocenters. The van der Waals surface area contributed by atoms with Crippen LogP contribution in [0.3, 0.4) is 0 Å². The Balaban J connectivity index is 2.34. The van der Waals surface area contributed by atoms with Crippen molar-refractivity contribution in [3.05, 3.63) is 11.3 Å². The number of aromatic nitrogens is 2. The van der Waals surface area contributed by atoms with Crippen LogP contribution in [-0.4, -0.2) is 50.0 Å². The Labute approximate surface area is 130 Å². The number of rotatable bonds is 4. The van der Waals surface area contributed by atoms with E-state index >= 15 is 0 Å². The van der Waals surface area contributed by atoms with E-state index in [-0.39, 0.29) is 17.6 Å². The van der Waals surface area contributed by atoms with Crippen molar-refractivity contribution >= 4 is 15.9 Å². The number of nitrogens with zero attached hydrogens (tertiary/aromatic N) is 2. The van der Waals surface area contributed by atoms with Gasteiger partial charge >= 0.3 is 6.09 Å². The third kappa shape index (κ3) is 4.22. The largest absolute Gasteiger partial charge is 0.416 e. The highest BCUT2D eigenvalue weighted by Gasteiger charge is 2.28.